The standard InChI is InChI=1S/C27H29ClN2O4/c1-18(2)22-9-5-19(3)25(14-22)34-17-27(31)30-29-15-21-8-12-24(26(13-21)32-4)33-16-20-6-10-23(28)11-7-20/h5-15,18H,16-17H2,1-4H3,(H,30,31)/b29-15-. The Labute approximate surface area is 205 Å². The largest absolute Gasteiger partial charge is 0.493 e. The van der Waals surface area contributed by atoms with Crippen LogP contribution in [-0.4, -0.2) is 25.8 Å². The Morgan fingerprint density at radius 2 is 1.76 bits per heavy atom. The minimum absolute atomic E-state index is 0.124. The first-order valence-electron chi connectivity index (χ1n) is 11.0. The molecule has 178 valence electrons. The Morgan fingerprint density at radius 3 is 2.47 bits per heavy atom. The number of nitrogens with zero attached hydrogens (tertiary/aromatic N) is 1. The summed E-state index contributed by atoms with van der Waals surface area (Å²) in [6, 6.07) is 18.9. The molecule has 0 heterocycles. The van der Waals surface area contributed by atoms with Crippen molar-refractivity contribution in [1.29, 1.82) is 0 Å². The second kappa shape index (κ2) is 12.1. The molecule has 3 aromatic rings. The van der Waals surface area contributed by atoms with Crippen molar-refractivity contribution in [2.45, 2.75) is 33.3 Å². The van der Waals surface area contributed by atoms with Gasteiger partial charge in [0, 0.05) is 5.02 Å². The second-order valence-corrected chi connectivity index (χ2v) is 8.52. The molecule has 0 fully saturated rings. The van der Waals surface area contributed by atoms with E-state index in [0.717, 1.165) is 22.3 Å². The Balaban J connectivity index is 1.53. The van der Waals surface area contributed by atoms with Crippen LogP contribution in [0, 0.1) is 6.92 Å². The van der Waals surface area contributed by atoms with Crippen LogP contribution in [0.5, 0.6) is 17.2 Å². The average molecular weight is 481 g/mol. The van der Waals surface area contributed by atoms with Crippen molar-refractivity contribution in [2.24, 2.45) is 5.10 Å². The lowest BCUT2D eigenvalue weighted by Crippen LogP contribution is -2.24. The minimum Gasteiger partial charge on any atom is -0.493 e. The lowest BCUT2D eigenvalue weighted by Gasteiger charge is -2.12. The van der Waals surface area contributed by atoms with Crippen LogP contribution in [0.3, 0.4) is 0 Å². The van der Waals surface area contributed by atoms with Crippen molar-refractivity contribution in [3.63, 3.8) is 0 Å². The van der Waals surface area contributed by atoms with Gasteiger partial charge in [-0.05, 0) is 71.5 Å². The summed E-state index contributed by atoms with van der Waals surface area (Å²) in [6.45, 7) is 6.44. The molecule has 34 heavy (non-hydrogen) atoms. The van der Waals surface area contributed by atoms with Crippen LogP contribution in [0.4, 0.5) is 0 Å². The lowest BCUT2D eigenvalue weighted by molar-refractivity contribution is -0.123. The average Bonchev–Trinajstić information content (AvgIpc) is 2.83. The fraction of sp³-hybridized carbons (Fsp3) is 0.259. The first kappa shape index (κ1) is 25.1. The predicted octanol–water partition coefficient (Wildman–Crippen LogP) is 5.89. The van der Waals surface area contributed by atoms with Gasteiger partial charge < -0.3 is 14.2 Å². The highest BCUT2D eigenvalue weighted by molar-refractivity contribution is 6.30. The van der Waals surface area contributed by atoms with Crippen molar-refractivity contribution in [2.75, 3.05) is 13.7 Å². The number of nitrogens with one attached hydrogen (secondary N) is 1. The zero-order valence-corrected chi connectivity index (χ0v) is 20.6. The number of aryl methyl sites for hydroxylation is 1. The maximum atomic E-state index is 12.2. The summed E-state index contributed by atoms with van der Waals surface area (Å²) in [4.78, 5) is 12.2. The molecule has 0 saturated carbocycles. The molecule has 7 heteroatoms. The summed E-state index contributed by atoms with van der Waals surface area (Å²) in [7, 11) is 1.57. The molecule has 1 amide bonds. The van der Waals surface area contributed by atoms with Gasteiger partial charge in [0.05, 0.1) is 13.3 Å². The molecular weight excluding hydrogens is 452 g/mol. The SMILES string of the molecule is COc1cc(/C=N\NC(=O)COc2cc(C(C)C)ccc2C)ccc1OCc1ccc(Cl)cc1. The molecule has 0 aromatic heterocycles. The van der Waals surface area contributed by atoms with E-state index >= 15 is 0 Å². The van der Waals surface area contributed by atoms with Gasteiger partial charge >= 0.3 is 0 Å². The van der Waals surface area contributed by atoms with Gasteiger partial charge in [0.15, 0.2) is 18.1 Å². The quantitative estimate of drug-likeness (QED) is 0.290. The van der Waals surface area contributed by atoms with Crippen molar-refractivity contribution < 1.29 is 19.0 Å². The number of methoxy groups -OCH3 is 1. The molecule has 3 aromatic carbocycles. The summed E-state index contributed by atoms with van der Waals surface area (Å²) in [6.07, 6.45) is 1.54. The van der Waals surface area contributed by atoms with Crippen LogP contribution in [0.25, 0.3) is 0 Å². The van der Waals surface area contributed by atoms with E-state index in [0.29, 0.717) is 34.8 Å². The van der Waals surface area contributed by atoms with Gasteiger partial charge in [-0.2, -0.15) is 5.10 Å². The number of benzene rings is 3. The van der Waals surface area contributed by atoms with E-state index in [1.807, 2.05) is 49.4 Å². The van der Waals surface area contributed by atoms with Crippen LogP contribution in [0.1, 0.15) is 42.0 Å². The summed E-state index contributed by atoms with van der Waals surface area (Å²) in [5.74, 6) is 1.90. The third-order valence-electron chi connectivity index (χ3n) is 5.14. The molecule has 0 aliphatic heterocycles. The van der Waals surface area contributed by atoms with Crippen LogP contribution < -0.4 is 19.6 Å². The number of ether oxygens (including phenoxy) is 3. The fourth-order valence-corrected chi connectivity index (χ4v) is 3.24. The Morgan fingerprint density at radius 1 is 1.00 bits per heavy atom. The van der Waals surface area contributed by atoms with E-state index < -0.39 is 0 Å². The van der Waals surface area contributed by atoms with Gasteiger partial charge in [-0.1, -0.05) is 49.7 Å². The third-order valence-corrected chi connectivity index (χ3v) is 5.39. The van der Waals surface area contributed by atoms with E-state index in [4.69, 9.17) is 25.8 Å². The zero-order chi connectivity index (χ0) is 24.5. The molecule has 0 aliphatic rings. The topological polar surface area (TPSA) is 69.2 Å². The van der Waals surface area contributed by atoms with Crippen LogP contribution in [-0.2, 0) is 11.4 Å². The Hall–Kier alpha value is -3.51. The second-order valence-electron chi connectivity index (χ2n) is 8.09. The number of rotatable bonds is 10. The highest BCUT2D eigenvalue weighted by Gasteiger charge is 2.08. The summed E-state index contributed by atoms with van der Waals surface area (Å²) >= 11 is 5.92. The highest BCUT2D eigenvalue weighted by atomic mass is 35.5. The van der Waals surface area contributed by atoms with Crippen molar-refractivity contribution in [1.82, 2.24) is 5.43 Å². The molecule has 3 rings (SSSR count). The molecule has 6 nitrogen and oxygen atoms in total. The molecule has 0 saturated heterocycles. The molecule has 0 spiro atoms. The van der Waals surface area contributed by atoms with Gasteiger partial charge in [-0.15, -0.1) is 0 Å². The number of halogens is 1. The smallest absolute Gasteiger partial charge is 0.277 e. The van der Waals surface area contributed by atoms with Crippen molar-refractivity contribution >= 4 is 23.7 Å². The number of hydrogen-bond acceptors (Lipinski definition) is 5. The molecule has 0 radical (unpaired) electrons. The first-order chi connectivity index (χ1) is 16.4. The molecule has 1 N–H and O–H groups in total. The fourth-order valence-electron chi connectivity index (χ4n) is 3.11. The Bertz CT molecular complexity index is 1140. The number of amides is 1. The summed E-state index contributed by atoms with van der Waals surface area (Å²) in [5, 5.41) is 4.70. The Kier molecular flexibility index (Phi) is 8.93. The number of carbonyl (C=O) groups excluding carboxylic acids is 1. The maximum absolute atomic E-state index is 12.2. The lowest BCUT2D eigenvalue weighted by atomic mass is 10.0. The zero-order valence-electron chi connectivity index (χ0n) is 19.8. The van der Waals surface area contributed by atoms with Gasteiger partial charge in [0.25, 0.3) is 5.91 Å². The van der Waals surface area contributed by atoms with Crippen LogP contribution >= 0.6 is 11.6 Å². The van der Waals surface area contributed by atoms with E-state index in [1.165, 1.54) is 6.21 Å². The monoisotopic (exact) mass is 480 g/mol. The van der Waals surface area contributed by atoms with E-state index in [2.05, 4.69) is 30.4 Å². The molecule has 0 aliphatic carbocycles. The van der Waals surface area contributed by atoms with E-state index in [9.17, 15) is 4.79 Å². The number of hydrazone groups is 1. The normalized spacial score (nSPS) is 11.0. The maximum Gasteiger partial charge on any atom is 0.277 e. The van der Waals surface area contributed by atoms with Gasteiger partial charge in [-0.25, -0.2) is 5.43 Å². The van der Waals surface area contributed by atoms with Crippen LogP contribution in [0.2, 0.25) is 5.02 Å². The van der Waals surface area contributed by atoms with Crippen LogP contribution in [0.15, 0.2) is 65.8 Å². The first-order valence-corrected chi connectivity index (χ1v) is 11.3. The molecular formula is C27H29ClN2O4. The van der Waals surface area contributed by atoms with Gasteiger partial charge in [0.1, 0.15) is 12.4 Å². The minimum atomic E-state index is -0.347. The van der Waals surface area contributed by atoms with E-state index in [-0.39, 0.29) is 12.5 Å². The summed E-state index contributed by atoms with van der Waals surface area (Å²) < 4.78 is 17.0. The molecule has 0 bridgehead atoms. The van der Waals surface area contributed by atoms with E-state index in [1.54, 1.807) is 19.2 Å². The predicted molar refractivity (Wildman–Crippen MR) is 135 cm³/mol. The number of hydrogen-bond donors (Lipinski definition) is 1. The van der Waals surface area contributed by atoms with Gasteiger partial charge in [-0.3, -0.25) is 4.79 Å². The third kappa shape index (κ3) is 7.25. The van der Waals surface area contributed by atoms with Crippen molar-refractivity contribution in [3.8, 4) is 17.2 Å². The summed E-state index contributed by atoms with van der Waals surface area (Å²) in [5.41, 5.74) is 6.36. The molecule has 0 unspecified atom stereocenters. The van der Waals surface area contributed by atoms with Gasteiger partial charge in [0.2, 0.25) is 0 Å². The molecule has 0 atom stereocenters. The number of carbonyl (C=O) groups is 1. The highest BCUT2D eigenvalue weighted by Crippen LogP contribution is 2.28. The van der Waals surface area contributed by atoms with Crippen molar-refractivity contribution in [3.05, 3.63) is 87.9 Å².